The highest BCUT2D eigenvalue weighted by Crippen LogP contribution is 1.14. The van der Waals surface area contributed by atoms with Crippen LogP contribution < -0.4 is 5.23 Å². The van der Waals surface area contributed by atoms with Crippen molar-refractivity contribution in [3.8, 4) is 0 Å². The van der Waals surface area contributed by atoms with Gasteiger partial charge in [-0.3, -0.25) is 0 Å². The number of hydrogen-bond acceptors (Lipinski definition) is 0. The second-order valence-electron chi connectivity index (χ2n) is 1.15. The standard InChI is InChI=1S/C2H10BN/c1-3-4-2/h3-4H2,1-2H3. The third-order valence-corrected chi connectivity index (χ3v) is 0.577. The Morgan fingerprint density at radius 2 is 2.00 bits per heavy atom. The Bertz CT molecular complexity index is 8.00. The lowest BCUT2D eigenvalue weighted by molar-refractivity contribution is -0.478. The molecule has 26 valence electrons. The molecule has 0 atom stereocenters. The van der Waals surface area contributed by atoms with Crippen LogP contribution in [0.5, 0.6) is 0 Å². The molecule has 2 heteroatoms. The SMILES string of the molecule is C[BH2-][NH2+]C. The zero-order chi connectivity index (χ0) is 3.41. The normalized spacial score (nSPS) is 7.50. The predicted molar refractivity (Wildman–Crippen MR) is 22.3 cm³/mol. The molecule has 0 spiro atoms. The Labute approximate surface area is 27.7 Å². The maximum Gasteiger partial charge on any atom is 0.176 e. The third-order valence-electron chi connectivity index (χ3n) is 0.577. The fraction of sp³-hybridized carbons (Fsp3) is 1.00. The first-order valence-corrected chi connectivity index (χ1v) is 2.15. The molecule has 0 aromatic heterocycles. The lowest BCUT2D eigenvalue weighted by atomic mass is 10.0. The fourth-order valence-corrected chi connectivity index (χ4v) is 0. The van der Waals surface area contributed by atoms with Crippen LogP contribution >= 0.6 is 0 Å². The summed E-state index contributed by atoms with van der Waals surface area (Å²) in [4.78, 5) is 0. The van der Waals surface area contributed by atoms with Crippen LogP contribution in [0.15, 0.2) is 0 Å². The van der Waals surface area contributed by atoms with Crippen LogP contribution in [-0.4, -0.2) is 14.5 Å². The van der Waals surface area contributed by atoms with Gasteiger partial charge >= 0.3 is 0 Å². The molecule has 0 aromatic rings. The van der Waals surface area contributed by atoms with Gasteiger partial charge in [-0.25, -0.2) is 0 Å². The molecule has 0 unspecified atom stereocenters. The summed E-state index contributed by atoms with van der Waals surface area (Å²) in [5, 5.41) is 2.25. The molecule has 0 amide bonds. The van der Waals surface area contributed by atoms with Gasteiger partial charge in [0, 0.05) is 7.05 Å². The number of hydrogen-bond donors (Lipinski definition) is 1. The molecule has 0 aliphatic carbocycles. The molecular formula is C2H10BN. The van der Waals surface area contributed by atoms with E-state index in [1.54, 1.807) is 0 Å². The van der Waals surface area contributed by atoms with E-state index in [-0.39, 0.29) is 0 Å². The van der Waals surface area contributed by atoms with E-state index in [1.807, 2.05) is 0 Å². The van der Waals surface area contributed by atoms with Crippen molar-refractivity contribution in [2.24, 2.45) is 0 Å². The van der Waals surface area contributed by atoms with Crippen molar-refractivity contribution >= 4 is 7.41 Å². The molecule has 4 heavy (non-hydrogen) atoms. The Kier molecular flexibility index (Phi) is 3.04. The minimum Gasteiger partial charge on any atom is -0.544 e. The van der Waals surface area contributed by atoms with Gasteiger partial charge in [0.15, 0.2) is 7.41 Å². The molecule has 0 saturated heterocycles. The summed E-state index contributed by atoms with van der Waals surface area (Å²) < 4.78 is 0. The second kappa shape index (κ2) is 3.02. The average molecular weight is 58.9 g/mol. The summed E-state index contributed by atoms with van der Waals surface area (Å²) in [6.07, 6.45) is 0. The van der Waals surface area contributed by atoms with Gasteiger partial charge in [0.2, 0.25) is 0 Å². The molecule has 0 saturated carbocycles. The van der Waals surface area contributed by atoms with Crippen molar-refractivity contribution in [2.75, 3.05) is 7.05 Å². The highest BCUT2D eigenvalue weighted by atomic mass is 14.7. The molecule has 0 aliphatic heterocycles. The molecule has 0 fully saturated rings. The average Bonchev–Trinajstić information content (AvgIpc) is 1.37. The van der Waals surface area contributed by atoms with Gasteiger partial charge < -0.3 is 5.23 Å². The topological polar surface area (TPSA) is 16.6 Å². The van der Waals surface area contributed by atoms with Crippen molar-refractivity contribution in [3.05, 3.63) is 0 Å². The third kappa shape index (κ3) is 2.02. The van der Waals surface area contributed by atoms with Crippen LogP contribution in [-0.2, 0) is 0 Å². The molecular weight excluding hydrogens is 48.8 g/mol. The van der Waals surface area contributed by atoms with Crippen LogP contribution in [0.4, 0.5) is 0 Å². The van der Waals surface area contributed by atoms with Crippen LogP contribution in [0.25, 0.3) is 0 Å². The highest BCUT2D eigenvalue weighted by Gasteiger charge is 1.51. The summed E-state index contributed by atoms with van der Waals surface area (Å²) in [5.74, 6) is 0. The molecule has 0 rings (SSSR count). The second-order valence-corrected chi connectivity index (χ2v) is 1.15. The van der Waals surface area contributed by atoms with Crippen molar-refractivity contribution < 1.29 is 5.23 Å². The minimum atomic E-state index is 0.389. The first-order chi connectivity index (χ1) is 1.91. The van der Waals surface area contributed by atoms with Crippen molar-refractivity contribution in [3.63, 3.8) is 0 Å². The van der Waals surface area contributed by atoms with Crippen LogP contribution in [0, 0.1) is 0 Å². The monoisotopic (exact) mass is 59.1 g/mol. The first kappa shape index (κ1) is 4.02. The van der Waals surface area contributed by atoms with Gasteiger partial charge in [-0.05, 0) is 0 Å². The maximum atomic E-state index is 2.25. The largest absolute Gasteiger partial charge is 0.544 e. The van der Waals surface area contributed by atoms with E-state index in [0.717, 1.165) is 0 Å². The number of nitrogens with two attached hydrogens (primary N) is 1. The Morgan fingerprint density at radius 3 is 2.00 bits per heavy atom. The lowest BCUT2D eigenvalue weighted by Gasteiger charge is -1.81. The van der Waals surface area contributed by atoms with Crippen molar-refractivity contribution in [1.29, 1.82) is 0 Å². The van der Waals surface area contributed by atoms with Gasteiger partial charge in [0.05, 0.1) is 0 Å². The summed E-state index contributed by atoms with van der Waals surface area (Å²) in [6.45, 7) is 2.25. The smallest absolute Gasteiger partial charge is 0.176 e. The van der Waals surface area contributed by atoms with E-state index in [2.05, 4.69) is 19.1 Å². The molecule has 2 N–H and O–H groups in total. The van der Waals surface area contributed by atoms with Gasteiger partial charge in [-0.15, -0.1) is 6.82 Å². The van der Waals surface area contributed by atoms with E-state index >= 15 is 0 Å². The van der Waals surface area contributed by atoms with Gasteiger partial charge in [0.25, 0.3) is 0 Å². The van der Waals surface area contributed by atoms with E-state index in [9.17, 15) is 0 Å². The maximum absolute atomic E-state index is 2.25. The van der Waals surface area contributed by atoms with Crippen LogP contribution in [0.2, 0.25) is 6.82 Å². The molecule has 0 bridgehead atoms. The summed E-state index contributed by atoms with van der Waals surface area (Å²) in [7, 11) is 2.50. The zero-order valence-electron chi connectivity index (χ0n) is 3.58. The summed E-state index contributed by atoms with van der Waals surface area (Å²) in [5.41, 5.74) is 0. The molecule has 0 heterocycles. The zero-order valence-corrected chi connectivity index (χ0v) is 3.58. The molecule has 0 aromatic carbocycles. The predicted octanol–water partition coefficient (Wildman–Crippen LogP) is -1.69. The quantitative estimate of drug-likeness (QED) is 0.347. The van der Waals surface area contributed by atoms with Gasteiger partial charge in [-0.2, -0.15) is 0 Å². The van der Waals surface area contributed by atoms with Gasteiger partial charge in [0.1, 0.15) is 0 Å². The van der Waals surface area contributed by atoms with Crippen molar-refractivity contribution in [2.45, 2.75) is 6.82 Å². The summed E-state index contributed by atoms with van der Waals surface area (Å²) in [6, 6.07) is 0. The number of quaternary nitrogens is 1. The first-order valence-electron chi connectivity index (χ1n) is 2.15. The van der Waals surface area contributed by atoms with Crippen LogP contribution in [0.3, 0.4) is 0 Å². The number of rotatable bonds is 1. The van der Waals surface area contributed by atoms with Crippen molar-refractivity contribution in [1.82, 2.24) is 0 Å². The highest BCUT2D eigenvalue weighted by molar-refractivity contribution is 6.21. The summed E-state index contributed by atoms with van der Waals surface area (Å²) >= 11 is 0. The van der Waals surface area contributed by atoms with E-state index in [4.69, 9.17) is 0 Å². The van der Waals surface area contributed by atoms with E-state index < -0.39 is 0 Å². The Hall–Kier alpha value is 0.0249. The van der Waals surface area contributed by atoms with Gasteiger partial charge in [-0.1, -0.05) is 0 Å². The molecule has 1 nitrogen and oxygen atoms in total. The van der Waals surface area contributed by atoms with E-state index in [1.165, 1.54) is 0 Å². The van der Waals surface area contributed by atoms with Crippen LogP contribution in [0.1, 0.15) is 0 Å². The van der Waals surface area contributed by atoms with E-state index in [0.29, 0.717) is 7.41 Å². The lowest BCUT2D eigenvalue weighted by Crippen LogP contribution is -2.81. The molecule has 0 radical (unpaired) electrons. The molecule has 0 aliphatic rings. The Balaban J connectivity index is 1.97. The fourth-order valence-electron chi connectivity index (χ4n) is 0. The Morgan fingerprint density at radius 1 is 1.75 bits per heavy atom. The minimum absolute atomic E-state index is 0.389.